The number of para-hydroxylation sites is 1. The number of hydrogen-bond acceptors (Lipinski definition) is 2. The van der Waals surface area contributed by atoms with E-state index in [-0.39, 0.29) is 5.82 Å². The van der Waals surface area contributed by atoms with E-state index < -0.39 is 0 Å². The Morgan fingerprint density at radius 1 is 1.47 bits per heavy atom. The van der Waals surface area contributed by atoms with Crippen molar-refractivity contribution in [1.82, 2.24) is 5.32 Å². The van der Waals surface area contributed by atoms with Gasteiger partial charge < -0.3 is 10.2 Å². The average Bonchev–Trinajstić information content (AvgIpc) is 2.71. The molecule has 0 spiro atoms. The molecule has 0 saturated carbocycles. The van der Waals surface area contributed by atoms with Crippen LogP contribution >= 0.6 is 0 Å². The molecule has 0 amide bonds. The van der Waals surface area contributed by atoms with Crippen LogP contribution in [0.1, 0.15) is 12.8 Å². The van der Waals surface area contributed by atoms with Crippen LogP contribution in [-0.2, 0) is 0 Å². The largest absolute Gasteiger partial charge is 0.371 e. The van der Waals surface area contributed by atoms with E-state index in [0.29, 0.717) is 11.7 Å². The van der Waals surface area contributed by atoms with E-state index in [1.54, 1.807) is 6.07 Å². The third-order valence-electron chi connectivity index (χ3n) is 2.92. The third kappa shape index (κ3) is 2.48. The maximum absolute atomic E-state index is 13.5. The van der Waals surface area contributed by atoms with E-state index in [0.717, 1.165) is 13.1 Å². The number of likely N-dealkylation sites (N-methyl/N-ethyl adjacent to an activating group) is 1. The molecule has 1 atom stereocenters. The molecule has 1 saturated heterocycles. The second kappa shape index (κ2) is 4.62. The van der Waals surface area contributed by atoms with Gasteiger partial charge in [0.1, 0.15) is 5.82 Å². The average molecular weight is 208 g/mol. The second-order valence-corrected chi connectivity index (χ2v) is 4.13. The van der Waals surface area contributed by atoms with Crippen LogP contribution < -0.4 is 10.2 Å². The van der Waals surface area contributed by atoms with Gasteiger partial charge in [0.2, 0.25) is 0 Å². The number of benzene rings is 1. The summed E-state index contributed by atoms with van der Waals surface area (Å²) in [7, 11) is 1.94. The number of hydrogen-bond donors (Lipinski definition) is 1. The first-order chi connectivity index (χ1) is 7.27. The van der Waals surface area contributed by atoms with Gasteiger partial charge in [-0.05, 0) is 31.5 Å². The van der Waals surface area contributed by atoms with Gasteiger partial charge in [-0.2, -0.15) is 0 Å². The summed E-state index contributed by atoms with van der Waals surface area (Å²) in [6.45, 7) is 1.97. The zero-order valence-corrected chi connectivity index (χ0v) is 9.04. The van der Waals surface area contributed by atoms with Crippen LogP contribution in [0, 0.1) is 5.82 Å². The van der Waals surface area contributed by atoms with Gasteiger partial charge in [-0.15, -0.1) is 0 Å². The lowest BCUT2D eigenvalue weighted by Crippen LogP contribution is -2.35. The molecule has 15 heavy (non-hydrogen) atoms. The van der Waals surface area contributed by atoms with Gasteiger partial charge in [-0.1, -0.05) is 12.1 Å². The zero-order chi connectivity index (χ0) is 10.7. The quantitative estimate of drug-likeness (QED) is 0.817. The lowest BCUT2D eigenvalue weighted by atomic mass is 10.2. The molecule has 0 bridgehead atoms. The highest BCUT2D eigenvalue weighted by molar-refractivity contribution is 5.46. The van der Waals surface area contributed by atoms with Crippen LogP contribution in [0.4, 0.5) is 10.1 Å². The van der Waals surface area contributed by atoms with Crippen molar-refractivity contribution in [3.63, 3.8) is 0 Å². The van der Waals surface area contributed by atoms with Crippen LogP contribution in [-0.4, -0.2) is 26.2 Å². The molecule has 1 N–H and O–H groups in total. The number of anilines is 1. The standard InChI is InChI=1S/C12H17FN2/c1-15(9-10-5-4-8-14-10)12-7-3-2-6-11(12)13/h2-3,6-7,10,14H,4-5,8-9H2,1H3/t10-/m0/s1. The summed E-state index contributed by atoms with van der Waals surface area (Å²) in [5.41, 5.74) is 0.686. The van der Waals surface area contributed by atoms with Crippen LogP contribution in [0.2, 0.25) is 0 Å². The normalized spacial score (nSPS) is 20.5. The van der Waals surface area contributed by atoms with Gasteiger partial charge in [0.05, 0.1) is 5.69 Å². The van der Waals surface area contributed by atoms with Crippen LogP contribution in [0.3, 0.4) is 0 Å². The zero-order valence-electron chi connectivity index (χ0n) is 9.04. The van der Waals surface area contributed by atoms with Crippen molar-refractivity contribution in [3.8, 4) is 0 Å². The van der Waals surface area contributed by atoms with E-state index in [4.69, 9.17) is 0 Å². The third-order valence-corrected chi connectivity index (χ3v) is 2.92. The van der Waals surface area contributed by atoms with Crippen molar-refractivity contribution in [3.05, 3.63) is 30.1 Å². The smallest absolute Gasteiger partial charge is 0.146 e. The van der Waals surface area contributed by atoms with Crippen molar-refractivity contribution in [2.45, 2.75) is 18.9 Å². The predicted octanol–water partition coefficient (Wildman–Crippen LogP) is 2.01. The molecule has 0 aliphatic carbocycles. The summed E-state index contributed by atoms with van der Waals surface area (Å²) < 4.78 is 13.5. The van der Waals surface area contributed by atoms with Gasteiger partial charge in [-0.3, -0.25) is 0 Å². The Hall–Kier alpha value is -1.09. The van der Waals surface area contributed by atoms with Gasteiger partial charge in [0.15, 0.2) is 0 Å². The summed E-state index contributed by atoms with van der Waals surface area (Å²) in [6, 6.07) is 7.44. The lowest BCUT2D eigenvalue weighted by Gasteiger charge is -2.23. The van der Waals surface area contributed by atoms with E-state index in [1.807, 2.05) is 24.1 Å². The molecular weight excluding hydrogens is 191 g/mol. The molecule has 0 unspecified atom stereocenters. The van der Waals surface area contributed by atoms with Crippen molar-refractivity contribution < 1.29 is 4.39 Å². The molecule has 1 aliphatic heterocycles. The molecule has 2 nitrogen and oxygen atoms in total. The minimum atomic E-state index is -0.141. The molecular formula is C12H17FN2. The van der Waals surface area contributed by atoms with Gasteiger partial charge in [-0.25, -0.2) is 4.39 Å². The maximum Gasteiger partial charge on any atom is 0.146 e. The highest BCUT2D eigenvalue weighted by Crippen LogP contribution is 2.18. The Labute approximate surface area is 90.1 Å². The molecule has 1 aromatic carbocycles. The highest BCUT2D eigenvalue weighted by atomic mass is 19.1. The number of nitrogens with one attached hydrogen (secondary N) is 1. The first-order valence-corrected chi connectivity index (χ1v) is 5.46. The predicted molar refractivity (Wildman–Crippen MR) is 60.7 cm³/mol. The molecule has 1 aliphatic rings. The summed E-state index contributed by atoms with van der Waals surface area (Å²) in [6.07, 6.45) is 2.43. The first-order valence-electron chi connectivity index (χ1n) is 5.46. The molecule has 2 rings (SSSR count). The number of rotatable bonds is 3. The minimum Gasteiger partial charge on any atom is -0.371 e. The first kappa shape index (κ1) is 10.4. The Balaban J connectivity index is 2.00. The summed E-state index contributed by atoms with van der Waals surface area (Å²) >= 11 is 0. The molecule has 82 valence electrons. The van der Waals surface area contributed by atoms with E-state index in [9.17, 15) is 4.39 Å². The van der Waals surface area contributed by atoms with E-state index in [1.165, 1.54) is 18.9 Å². The van der Waals surface area contributed by atoms with Gasteiger partial charge >= 0.3 is 0 Å². The van der Waals surface area contributed by atoms with Crippen molar-refractivity contribution >= 4 is 5.69 Å². The van der Waals surface area contributed by atoms with E-state index in [2.05, 4.69) is 5.32 Å². The molecule has 0 radical (unpaired) electrons. The molecule has 1 fully saturated rings. The van der Waals surface area contributed by atoms with Crippen molar-refractivity contribution in [1.29, 1.82) is 0 Å². The Bertz CT molecular complexity index is 321. The second-order valence-electron chi connectivity index (χ2n) is 4.13. The maximum atomic E-state index is 13.5. The molecule has 3 heteroatoms. The Kier molecular flexibility index (Phi) is 3.21. The monoisotopic (exact) mass is 208 g/mol. The van der Waals surface area contributed by atoms with E-state index >= 15 is 0 Å². The van der Waals surface area contributed by atoms with Crippen LogP contribution in [0.5, 0.6) is 0 Å². The summed E-state index contributed by atoms with van der Waals surface area (Å²) in [5.74, 6) is -0.141. The Morgan fingerprint density at radius 2 is 2.27 bits per heavy atom. The van der Waals surface area contributed by atoms with Gasteiger partial charge in [0.25, 0.3) is 0 Å². The minimum absolute atomic E-state index is 0.141. The Morgan fingerprint density at radius 3 is 2.93 bits per heavy atom. The van der Waals surface area contributed by atoms with Crippen LogP contribution in [0.25, 0.3) is 0 Å². The fourth-order valence-electron chi connectivity index (χ4n) is 2.10. The summed E-state index contributed by atoms with van der Waals surface area (Å²) in [4.78, 5) is 1.98. The van der Waals surface area contributed by atoms with Crippen molar-refractivity contribution in [2.24, 2.45) is 0 Å². The van der Waals surface area contributed by atoms with Crippen molar-refractivity contribution in [2.75, 3.05) is 25.0 Å². The SMILES string of the molecule is CN(C[C@@H]1CCCN1)c1ccccc1F. The fourth-order valence-corrected chi connectivity index (χ4v) is 2.10. The van der Waals surface area contributed by atoms with Crippen LogP contribution in [0.15, 0.2) is 24.3 Å². The molecule has 1 aromatic rings. The fraction of sp³-hybridized carbons (Fsp3) is 0.500. The van der Waals surface area contributed by atoms with Gasteiger partial charge in [0, 0.05) is 19.6 Å². The molecule has 0 aromatic heterocycles. The highest BCUT2D eigenvalue weighted by Gasteiger charge is 2.17. The number of halogens is 1. The summed E-state index contributed by atoms with van der Waals surface area (Å²) in [5, 5.41) is 3.41. The number of nitrogens with zero attached hydrogens (tertiary/aromatic N) is 1. The lowest BCUT2D eigenvalue weighted by molar-refractivity contribution is 0.582. The topological polar surface area (TPSA) is 15.3 Å². The molecule has 1 heterocycles.